The second kappa shape index (κ2) is 16.1. The minimum Gasteiger partial charge on any atom is -0.545 e. The molecule has 0 heterocycles. The third kappa shape index (κ3) is 9.44. The molecule has 4 aromatic rings. The normalized spacial score (nSPS) is 10.6. The molecule has 0 fully saturated rings. The molecule has 0 aliphatic heterocycles. The van der Waals surface area contributed by atoms with E-state index < -0.39 is 18.0 Å². The van der Waals surface area contributed by atoms with Gasteiger partial charge in [0.05, 0.1) is 23.3 Å². The quantitative estimate of drug-likeness (QED) is 0.143. The molecule has 0 unspecified atom stereocenters. The van der Waals surface area contributed by atoms with Gasteiger partial charge in [-0.15, -0.1) is 10.2 Å². The predicted molar refractivity (Wildman–Crippen MR) is 148 cm³/mol. The summed E-state index contributed by atoms with van der Waals surface area (Å²) in [5.41, 5.74) is 1.96. The van der Waals surface area contributed by atoms with E-state index in [1.165, 1.54) is 26.0 Å². The van der Waals surface area contributed by atoms with E-state index in [2.05, 4.69) is 31.1 Å². The van der Waals surface area contributed by atoms with Gasteiger partial charge in [-0.1, -0.05) is 0 Å². The summed E-state index contributed by atoms with van der Waals surface area (Å²) in [6, 6.07) is 16.9. The number of aromatic carboxylic acids is 2. The number of urea groups is 1. The van der Waals surface area contributed by atoms with Gasteiger partial charge >= 0.3 is 65.1 Å². The monoisotopic (exact) mass is 612 g/mol. The molecule has 0 aromatic heterocycles. The number of nitrogens with one attached hydrogen (secondary N) is 2. The number of carboxylic acid groups (broad SMARTS) is 2. The number of aryl methyl sites for hydroxylation is 2. The van der Waals surface area contributed by atoms with Crippen LogP contribution in [-0.2, 0) is 0 Å². The van der Waals surface area contributed by atoms with Gasteiger partial charge in [0.25, 0.3) is 0 Å². The number of anilines is 2. The summed E-state index contributed by atoms with van der Waals surface area (Å²) in [7, 11) is 0. The van der Waals surface area contributed by atoms with Crippen LogP contribution < -0.4 is 80.0 Å². The van der Waals surface area contributed by atoms with E-state index in [1.54, 1.807) is 48.5 Å². The molecule has 0 bridgehead atoms. The van der Waals surface area contributed by atoms with Crippen molar-refractivity contribution in [2.45, 2.75) is 13.8 Å². The number of carboxylic acids is 2. The number of phenols is 2. The molecule has 4 rings (SSSR count). The number of nitrogens with zero attached hydrogens (tertiary/aromatic N) is 4. The van der Waals surface area contributed by atoms with Crippen molar-refractivity contribution in [2.75, 3.05) is 10.6 Å². The van der Waals surface area contributed by atoms with E-state index in [-0.39, 0.29) is 93.1 Å². The van der Waals surface area contributed by atoms with Crippen molar-refractivity contribution in [3.63, 3.8) is 0 Å². The molecule has 0 spiro atoms. The van der Waals surface area contributed by atoms with Crippen molar-refractivity contribution in [3.05, 3.63) is 95.1 Å². The van der Waals surface area contributed by atoms with Gasteiger partial charge in [-0.3, -0.25) is 0 Å². The van der Waals surface area contributed by atoms with E-state index in [1.807, 2.05) is 0 Å². The van der Waals surface area contributed by atoms with E-state index in [9.17, 15) is 34.8 Å². The number of carbonyl (C=O) groups is 3. The maximum atomic E-state index is 12.4. The number of benzene rings is 4. The van der Waals surface area contributed by atoms with Crippen molar-refractivity contribution in [3.8, 4) is 11.5 Å². The molecule has 13 nitrogen and oxygen atoms in total. The van der Waals surface area contributed by atoms with Crippen LogP contribution in [0.5, 0.6) is 11.5 Å². The van der Waals surface area contributed by atoms with Crippen LogP contribution in [0, 0.1) is 13.8 Å². The average molecular weight is 613 g/mol. The van der Waals surface area contributed by atoms with E-state index in [4.69, 9.17) is 0 Å². The predicted octanol–water partition coefficient (Wildman–Crippen LogP) is -1.08. The fourth-order valence-corrected chi connectivity index (χ4v) is 3.65. The Balaban J connectivity index is 0.00000337. The van der Waals surface area contributed by atoms with Gasteiger partial charge in [0, 0.05) is 11.4 Å². The van der Waals surface area contributed by atoms with Crippen molar-refractivity contribution in [2.24, 2.45) is 20.5 Å². The Hall–Kier alpha value is -4.11. The Morgan fingerprint density at radius 2 is 0.932 bits per heavy atom. The first-order chi connectivity index (χ1) is 20.0. The molecular formula is C29H22N6Na2O7. The molecular weight excluding hydrogens is 590 g/mol. The molecule has 0 aliphatic carbocycles. The zero-order chi connectivity index (χ0) is 30.4. The van der Waals surface area contributed by atoms with Crippen LogP contribution in [0.15, 0.2) is 93.3 Å². The van der Waals surface area contributed by atoms with E-state index >= 15 is 0 Å². The topological polar surface area (TPSA) is 211 Å². The second-order valence-corrected chi connectivity index (χ2v) is 8.97. The molecule has 15 heteroatoms. The van der Waals surface area contributed by atoms with E-state index in [0.29, 0.717) is 33.9 Å². The van der Waals surface area contributed by atoms with Crippen molar-refractivity contribution in [1.29, 1.82) is 0 Å². The summed E-state index contributed by atoms with van der Waals surface area (Å²) in [4.78, 5) is 34.7. The summed E-state index contributed by atoms with van der Waals surface area (Å²) in [6.07, 6.45) is 0. The number of amides is 2. The maximum absolute atomic E-state index is 12.4. The molecule has 0 radical (unpaired) electrons. The first-order valence-electron chi connectivity index (χ1n) is 12.2. The Kier molecular flexibility index (Phi) is 13.2. The van der Waals surface area contributed by atoms with Gasteiger partial charge < -0.3 is 40.6 Å². The minimum absolute atomic E-state index is 0. The van der Waals surface area contributed by atoms with Crippen molar-refractivity contribution < 1.29 is 93.9 Å². The van der Waals surface area contributed by atoms with Crippen LogP contribution in [-0.4, -0.2) is 28.2 Å². The number of hydrogen-bond acceptors (Lipinski definition) is 11. The summed E-state index contributed by atoms with van der Waals surface area (Å²) in [5.74, 6) is -3.21. The van der Waals surface area contributed by atoms with Gasteiger partial charge in [0.15, 0.2) is 0 Å². The van der Waals surface area contributed by atoms with Crippen molar-refractivity contribution in [1.82, 2.24) is 0 Å². The average Bonchev–Trinajstić information content (AvgIpc) is 2.95. The third-order valence-corrected chi connectivity index (χ3v) is 5.83. The number of azo groups is 2. The Morgan fingerprint density at radius 1 is 0.591 bits per heavy atom. The second-order valence-electron chi connectivity index (χ2n) is 8.97. The van der Waals surface area contributed by atoms with Gasteiger partial charge in [-0.25, -0.2) is 4.79 Å². The Morgan fingerprint density at radius 3 is 1.25 bits per heavy atom. The zero-order valence-corrected chi connectivity index (χ0v) is 28.2. The molecule has 0 saturated heterocycles. The summed E-state index contributed by atoms with van der Waals surface area (Å²) in [5, 5.41) is 63.6. The Labute approximate surface area is 295 Å². The molecule has 212 valence electrons. The first-order valence-corrected chi connectivity index (χ1v) is 12.2. The number of rotatable bonds is 8. The largest absolute Gasteiger partial charge is 1.00 e. The van der Waals surface area contributed by atoms with Gasteiger partial charge in [-0.2, -0.15) is 10.2 Å². The number of hydrogen-bond donors (Lipinski definition) is 4. The molecule has 4 aromatic carbocycles. The van der Waals surface area contributed by atoms with E-state index in [0.717, 1.165) is 12.1 Å². The summed E-state index contributed by atoms with van der Waals surface area (Å²) < 4.78 is 0. The fraction of sp³-hybridized carbons (Fsp3) is 0.0690. The van der Waals surface area contributed by atoms with Crippen LogP contribution in [0.1, 0.15) is 31.8 Å². The molecule has 0 saturated carbocycles. The van der Waals surface area contributed by atoms with Gasteiger partial charge in [-0.05, 0) is 109 Å². The summed E-state index contributed by atoms with van der Waals surface area (Å²) >= 11 is 0. The number of carbonyl (C=O) groups excluding carboxylic acids is 3. The molecule has 0 atom stereocenters. The third-order valence-electron chi connectivity index (χ3n) is 5.83. The van der Waals surface area contributed by atoms with Crippen LogP contribution in [0.3, 0.4) is 0 Å². The zero-order valence-electron chi connectivity index (χ0n) is 24.2. The van der Waals surface area contributed by atoms with Gasteiger partial charge in [0.2, 0.25) is 0 Å². The van der Waals surface area contributed by atoms with Crippen molar-refractivity contribution >= 4 is 52.1 Å². The minimum atomic E-state index is -1.40. The summed E-state index contributed by atoms with van der Waals surface area (Å²) in [6.45, 7) is 3.06. The molecule has 2 amide bonds. The van der Waals surface area contributed by atoms with Crippen LogP contribution in [0.2, 0.25) is 0 Å². The number of phenolic OH excluding ortho intramolecular Hbond substituents is 2. The maximum Gasteiger partial charge on any atom is 1.00 e. The standard InChI is InChI=1S/C29H24N6O7.2Na/c1-15-11-17(27(38)39)13-23(25(15)36)34-32-21-7-3-19(4-8-21)30-29(42)31-20-5-9-22(10-6-20)33-35-24-14-18(28(40)41)12-16(2)26(24)37;;/h3-14,36-37H,1-2H3,(H,38,39)(H,40,41)(H2,30,31,42);;/q;2*+1/p-2. The molecule has 0 aliphatic rings. The van der Waals surface area contributed by atoms with Crippen LogP contribution in [0.4, 0.5) is 38.9 Å². The SMILES string of the molecule is Cc1cc(C(=O)[O-])cc(N=Nc2ccc(NC(=O)Nc3ccc(N=Nc4cc(C(=O)[O-])cc(C)c4O)cc3)cc2)c1O.[Na+].[Na+]. The van der Waals surface area contributed by atoms with Gasteiger partial charge in [0.1, 0.15) is 22.9 Å². The Bertz CT molecular complexity index is 1620. The molecule has 44 heavy (non-hydrogen) atoms. The number of aromatic hydroxyl groups is 2. The smallest absolute Gasteiger partial charge is 0.545 e. The van der Waals surface area contributed by atoms with Crippen LogP contribution in [0.25, 0.3) is 0 Å². The fourth-order valence-electron chi connectivity index (χ4n) is 3.65. The van der Waals surface area contributed by atoms with Crippen LogP contribution >= 0.6 is 0 Å². The first kappa shape index (κ1) is 36.1. The molecule has 4 N–H and O–H groups in total.